The van der Waals surface area contributed by atoms with Crippen LogP contribution in [-0.2, 0) is 11.2 Å². The predicted molar refractivity (Wildman–Crippen MR) is 64.2 cm³/mol. The molecule has 0 atom stereocenters. The van der Waals surface area contributed by atoms with E-state index < -0.39 is 5.97 Å². The third-order valence-corrected chi connectivity index (χ3v) is 2.52. The smallest absolute Gasteiger partial charge is 0.396 e. The van der Waals surface area contributed by atoms with Crippen molar-refractivity contribution in [3.63, 3.8) is 0 Å². The molecule has 1 heterocycles. The molecule has 1 aromatic heterocycles. The van der Waals surface area contributed by atoms with Crippen molar-refractivity contribution in [1.29, 1.82) is 0 Å². The highest BCUT2D eigenvalue weighted by Gasteiger charge is 2.16. The first-order chi connectivity index (χ1) is 8.70. The summed E-state index contributed by atoms with van der Waals surface area (Å²) in [4.78, 5) is 11.4. The second-order valence-corrected chi connectivity index (χ2v) is 3.82. The standard InChI is InChI=1S/C13H14N2O3/c1-3-17-13(16)12-15-14-11(18-12)8-10-7-5-4-6-9(10)2/h4-7H,3,8H2,1-2H3. The molecule has 0 saturated carbocycles. The van der Waals surface area contributed by atoms with Crippen LogP contribution in [0.15, 0.2) is 28.7 Å². The summed E-state index contributed by atoms with van der Waals surface area (Å²) < 4.78 is 10.0. The van der Waals surface area contributed by atoms with Crippen LogP contribution < -0.4 is 0 Å². The van der Waals surface area contributed by atoms with E-state index in [1.807, 2.05) is 31.2 Å². The number of ether oxygens (including phenoxy) is 1. The number of aryl methyl sites for hydroxylation is 1. The molecule has 0 aliphatic rings. The number of carbonyl (C=O) groups is 1. The van der Waals surface area contributed by atoms with E-state index in [2.05, 4.69) is 10.2 Å². The minimum atomic E-state index is -0.582. The van der Waals surface area contributed by atoms with Gasteiger partial charge in [-0.05, 0) is 25.0 Å². The van der Waals surface area contributed by atoms with E-state index in [0.717, 1.165) is 11.1 Å². The number of hydrogen-bond donors (Lipinski definition) is 0. The maximum Gasteiger partial charge on any atom is 0.396 e. The second-order valence-electron chi connectivity index (χ2n) is 3.82. The lowest BCUT2D eigenvalue weighted by Crippen LogP contribution is -2.04. The quantitative estimate of drug-likeness (QED) is 0.773. The predicted octanol–water partition coefficient (Wildman–Crippen LogP) is 2.15. The minimum absolute atomic E-state index is 0.0968. The van der Waals surface area contributed by atoms with Gasteiger partial charge in [-0.2, -0.15) is 0 Å². The topological polar surface area (TPSA) is 65.2 Å². The van der Waals surface area contributed by atoms with Crippen LogP contribution in [0.1, 0.15) is 34.6 Å². The number of aromatic nitrogens is 2. The van der Waals surface area contributed by atoms with E-state index in [1.54, 1.807) is 6.92 Å². The fourth-order valence-corrected chi connectivity index (χ4v) is 1.57. The van der Waals surface area contributed by atoms with Crippen molar-refractivity contribution in [3.05, 3.63) is 47.2 Å². The summed E-state index contributed by atoms with van der Waals surface area (Å²) in [6.07, 6.45) is 0.513. The molecule has 0 saturated heterocycles. The Hall–Kier alpha value is -2.17. The number of benzene rings is 1. The molecular formula is C13H14N2O3. The molecule has 2 rings (SSSR count). The third-order valence-electron chi connectivity index (χ3n) is 2.52. The lowest BCUT2D eigenvalue weighted by molar-refractivity contribution is 0.0479. The number of rotatable bonds is 4. The Balaban J connectivity index is 2.12. The first-order valence-electron chi connectivity index (χ1n) is 5.74. The third kappa shape index (κ3) is 2.74. The summed E-state index contributed by atoms with van der Waals surface area (Å²) in [5.41, 5.74) is 2.24. The highest BCUT2D eigenvalue weighted by Crippen LogP contribution is 2.13. The Bertz CT molecular complexity index is 549. The van der Waals surface area contributed by atoms with Crippen LogP contribution in [0.2, 0.25) is 0 Å². The van der Waals surface area contributed by atoms with E-state index in [9.17, 15) is 4.79 Å². The molecule has 0 fully saturated rings. The molecular weight excluding hydrogens is 232 g/mol. The van der Waals surface area contributed by atoms with Crippen molar-refractivity contribution in [2.24, 2.45) is 0 Å². The number of hydrogen-bond acceptors (Lipinski definition) is 5. The van der Waals surface area contributed by atoms with Crippen molar-refractivity contribution in [2.75, 3.05) is 6.61 Å². The zero-order chi connectivity index (χ0) is 13.0. The van der Waals surface area contributed by atoms with Gasteiger partial charge in [0.15, 0.2) is 0 Å². The normalized spacial score (nSPS) is 10.3. The van der Waals surface area contributed by atoms with Gasteiger partial charge < -0.3 is 9.15 Å². The summed E-state index contributed by atoms with van der Waals surface area (Å²) in [7, 11) is 0. The Morgan fingerprint density at radius 1 is 1.33 bits per heavy atom. The van der Waals surface area contributed by atoms with E-state index in [0.29, 0.717) is 12.3 Å². The lowest BCUT2D eigenvalue weighted by Gasteiger charge is -2.01. The van der Waals surface area contributed by atoms with Crippen molar-refractivity contribution in [1.82, 2.24) is 10.2 Å². The van der Waals surface area contributed by atoms with Crippen LogP contribution in [0.4, 0.5) is 0 Å². The molecule has 0 radical (unpaired) electrons. The average molecular weight is 246 g/mol. The van der Waals surface area contributed by atoms with Crippen LogP contribution in [0.3, 0.4) is 0 Å². The van der Waals surface area contributed by atoms with Gasteiger partial charge in [0.2, 0.25) is 5.89 Å². The molecule has 18 heavy (non-hydrogen) atoms. The Kier molecular flexibility index (Phi) is 3.72. The molecule has 0 aliphatic carbocycles. The number of carbonyl (C=O) groups excluding carboxylic acids is 1. The molecule has 94 valence electrons. The van der Waals surface area contributed by atoms with Crippen molar-refractivity contribution >= 4 is 5.97 Å². The van der Waals surface area contributed by atoms with Gasteiger partial charge in [-0.15, -0.1) is 10.2 Å². The van der Waals surface area contributed by atoms with Gasteiger partial charge >= 0.3 is 11.9 Å². The molecule has 2 aromatic rings. The lowest BCUT2D eigenvalue weighted by atomic mass is 10.1. The molecule has 0 unspecified atom stereocenters. The molecule has 0 bridgehead atoms. The number of nitrogens with zero attached hydrogens (tertiary/aromatic N) is 2. The largest absolute Gasteiger partial charge is 0.459 e. The van der Waals surface area contributed by atoms with Gasteiger partial charge in [-0.25, -0.2) is 4.79 Å². The summed E-state index contributed by atoms with van der Waals surface area (Å²) in [5.74, 6) is -0.270. The van der Waals surface area contributed by atoms with Gasteiger partial charge in [0.05, 0.1) is 13.0 Å². The SMILES string of the molecule is CCOC(=O)c1nnc(Cc2ccccc2C)o1. The molecule has 0 aliphatic heterocycles. The Morgan fingerprint density at radius 3 is 2.83 bits per heavy atom. The second kappa shape index (κ2) is 5.44. The van der Waals surface area contributed by atoms with Gasteiger partial charge in [0.1, 0.15) is 0 Å². The molecule has 5 heteroatoms. The fourth-order valence-electron chi connectivity index (χ4n) is 1.57. The minimum Gasteiger partial charge on any atom is -0.459 e. The molecule has 0 N–H and O–H groups in total. The molecule has 1 aromatic carbocycles. The van der Waals surface area contributed by atoms with Crippen molar-refractivity contribution < 1.29 is 13.9 Å². The average Bonchev–Trinajstić information content (AvgIpc) is 2.81. The molecule has 0 amide bonds. The van der Waals surface area contributed by atoms with Crippen LogP contribution in [-0.4, -0.2) is 22.8 Å². The van der Waals surface area contributed by atoms with Crippen molar-refractivity contribution in [2.45, 2.75) is 20.3 Å². The Labute approximate surface area is 105 Å². The highest BCUT2D eigenvalue weighted by molar-refractivity contribution is 5.83. The van der Waals surface area contributed by atoms with Gasteiger partial charge in [0, 0.05) is 0 Å². The van der Waals surface area contributed by atoms with E-state index in [-0.39, 0.29) is 12.5 Å². The highest BCUT2D eigenvalue weighted by atomic mass is 16.5. The van der Waals surface area contributed by atoms with Gasteiger partial charge in [0.25, 0.3) is 0 Å². The van der Waals surface area contributed by atoms with Crippen LogP contribution in [0.5, 0.6) is 0 Å². The van der Waals surface area contributed by atoms with E-state index >= 15 is 0 Å². The van der Waals surface area contributed by atoms with Gasteiger partial charge in [-0.1, -0.05) is 24.3 Å². The summed E-state index contributed by atoms with van der Waals surface area (Å²) in [5, 5.41) is 7.51. The summed E-state index contributed by atoms with van der Waals surface area (Å²) in [6, 6.07) is 7.92. The van der Waals surface area contributed by atoms with Gasteiger partial charge in [-0.3, -0.25) is 0 Å². The Morgan fingerprint density at radius 2 is 2.11 bits per heavy atom. The van der Waals surface area contributed by atoms with E-state index in [4.69, 9.17) is 9.15 Å². The van der Waals surface area contributed by atoms with Crippen LogP contribution in [0.25, 0.3) is 0 Å². The zero-order valence-electron chi connectivity index (χ0n) is 10.3. The first kappa shape index (κ1) is 12.3. The van der Waals surface area contributed by atoms with E-state index in [1.165, 1.54) is 0 Å². The first-order valence-corrected chi connectivity index (χ1v) is 5.74. The molecule has 0 spiro atoms. The zero-order valence-corrected chi connectivity index (χ0v) is 10.3. The maximum atomic E-state index is 11.4. The summed E-state index contributed by atoms with van der Waals surface area (Å²) in [6.45, 7) is 4.02. The monoisotopic (exact) mass is 246 g/mol. The van der Waals surface area contributed by atoms with Crippen LogP contribution in [0, 0.1) is 6.92 Å². The maximum absolute atomic E-state index is 11.4. The van der Waals surface area contributed by atoms with Crippen LogP contribution >= 0.6 is 0 Å². The van der Waals surface area contributed by atoms with Crippen molar-refractivity contribution in [3.8, 4) is 0 Å². The number of esters is 1. The molecule has 5 nitrogen and oxygen atoms in total. The fraction of sp³-hybridized carbons (Fsp3) is 0.308. The summed E-state index contributed by atoms with van der Waals surface area (Å²) >= 11 is 0.